The van der Waals surface area contributed by atoms with Crippen molar-refractivity contribution in [1.82, 2.24) is 14.9 Å². The number of aromatic nitrogens is 2. The van der Waals surface area contributed by atoms with E-state index in [0.717, 1.165) is 55.0 Å². The molecule has 0 bridgehead atoms. The average molecular weight is 567 g/mol. The van der Waals surface area contributed by atoms with Crippen molar-refractivity contribution in [2.45, 2.75) is 57.4 Å². The van der Waals surface area contributed by atoms with Gasteiger partial charge < -0.3 is 15.4 Å². The van der Waals surface area contributed by atoms with Crippen LogP contribution in [0.25, 0.3) is 11.3 Å². The Bertz CT molecular complexity index is 1420. The summed E-state index contributed by atoms with van der Waals surface area (Å²) in [4.78, 5) is 34.9. The van der Waals surface area contributed by atoms with Gasteiger partial charge in [0.2, 0.25) is 5.91 Å². The molecule has 1 aliphatic heterocycles. The molecule has 0 spiro atoms. The van der Waals surface area contributed by atoms with Gasteiger partial charge in [-0.05, 0) is 66.8 Å². The lowest BCUT2D eigenvalue weighted by Crippen LogP contribution is -2.31. The number of hydrogen-bond acceptors (Lipinski definition) is 6. The van der Waals surface area contributed by atoms with Crippen LogP contribution in [0.2, 0.25) is 0 Å². The lowest BCUT2D eigenvalue weighted by molar-refractivity contribution is -0.128. The van der Waals surface area contributed by atoms with Crippen LogP contribution in [0.15, 0.2) is 42.7 Å². The summed E-state index contributed by atoms with van der Waals surface area (Å²) in [6, 6.07) is 6.06. The van der Waals surface area contributed by atoms with Gasteiger partial charge in [0.1, 0.15) is 41.2 Å². The van der Waals surface area contributed by atoms with E-state index in [4.69, 9.17) is 10.5 Å². The molecule has 1 saturated carbocycles. The maximum Gasteiger partial charge on any atom is 0.222 e. The summed E-state index contributed by atoms with van der Waals surface area (Å²) in [7, 11) is 0. The maximum atomic E-state index is 15.1. The van der Waals surface area contributed by atoms with Crippen LogP contribution >= 0.6 is 0 Å². The van der Waals surface area contributed by atoms with Crippen molar-refractivity contribution in [2.24, 2.45) is 11.7 Å². The van der Waals surface area contributed by atoms with Crippen LogP contribution in [0, 0.1) is 23.4 Å². The highest BCUT2D eigenvalue weighted by molar-refractivity contribution is 5.96. The third-order valence-electron chi connectivity index (χ3n) is 7.90. The Morgan fingerprint density at radius 1 is 1.10 bits per heavy atom. The number of rotatable bonds is 9. The van der Waals surface area contributed by atoms with Crippen molar-refractivity contribution in [3.8, 4) is 17.0 Å². The van der Waals surface area contributed by atoms with Crippen molar-refractivity contribution in [1.29, 1.82) is 0 Å². The summed E-state index contributed by atoms with van der Waals surface area (Å²) in [5.74, 6) is -2.97. The summed E-state index contributed by atoms with van der Waals surface area (Å²) in [5.41, 5.74) is 6.59. The first-order valence-corrected chi connectivity index (χ1v) is 14.0. The number of nitrogens with two attached hydrogens (primary N) is 1. The number of nitrogens with zero attached hydrogens (tertiary/aromatic N) is 3. The van der Waals surface area contributed by atoms with Crippen LogP contribution in [0.3, 0.4) is 0 Å². The smallest absolute Gasteiger partial charge is 0.222 e. The van der Waals surface area contributed by atoms with Gasteiger partial charge in [-0.3, -0.25) is 14.6 Å². The second-order valence-corrected chi connectivity index (χ2v) is 11.1. The molecule has 2 N–H and O–H groups in total. The fraction of sp³-hybridized carbons (Fsp3) is 0.419. The first kappa shape index (κ1) is 28.7. The molecule has 2 aliphatic rings. The molecule has 1 aromatic carbocycles. The molecule has 2 aromatic heterocycles. The number of pyridine rings is 2. The first-order chi connectivity index (χ1) is 19.7. The van der Waals surface area contributed by atoms with Gasteiger partial charge in [0.25, 0.3) is 0 Å². The number of benzene rings is 1. The van der Waals surface area contributed by atoms with E-state index in [-0.39, 0.29) is 42.3 Å². The number of halogens is 3. The van der Waals surface area contributed by atoms with Crippen LogP contribution in [0.1, 0.15) is 66.6 Å². The minimum absolute atomic E-state index is 0.0184. The second kappa shape index (κ2) is 12.4. The number of ketones is 1. The van der Waals surface area contributed by atoms with Crippen LogP contribution in [-0.2, 0) is 11.2 Å². The van der Waals surface area contributed by atoms with E-state index in [0.29, 0.717) is 25.4 Å². The van der Waals surface area contributed by atoms with Crippen molar-refractivity contribution < 1.29 is 27.5 Å². The maximum absolute atomic E-state index is 15.1. The summed E-state index contributed by atoms with van der Waals surface area (Å²) in [6.07, 6.45) is 7.25. The Morgan fingerprint density at radius 3 is 2.59 bits per heavy atom. The van der Waals surface area contributed by atoms with E-state index in [1.807, 2.05) is 6.07 Å². The number of amides is 1. The van der Waals surface area contributed by atoms with Crippen molar-refractivity contribution >= 4 is 11.7 Å². The molecule has 3 aromatic rings. The number of hydrogen-bond donors (Lipinski definition) is 1. The summed E-state index contributed by atoms with van der Waals surface area (Å²) < 4.78 is 50.4. The van der Waals surface area contributed by atoms with E-state index < -0.39 is 34.5 Å². The molecule has 3 atom stereocenters. The molecule has 7 nitrogen and oxygen atoms in total. The highest BCUT2D eigenvalue weighted by Crippen LogP contribution is 2.37. The van der Waals surface area contributed by atoms with E-state index in [2.05, 4.69) is 16.9 Å². The molecule has 10 heteroatoms. The van der Waals surface area contributed by atoms with Crippen molar-refractivity contribution in [2.75, 3.05) is 19.7 Å². The monoisotopic (exact) mass is 566 g/mol. The van der Waals surface area contributed by atoms with Crippen LogP contribution in [0.5, 0.6) is 5.75 Å². The van der Waals surface area contributed by atoms with Crippen molar-refractivity contribution in [3.63, 3.8) is 0 Å². The van der Waals surface area contributed by atoms with Gasteiger partial charge in [-0.15, -0.1) is 0 Å². The molecule has 216 valence electrons. The third kappa shape index (κ3) is 6.59. The van der Waals surface area contributed by atoms with Gasteiger partial charge >= 0.3 is 0 Å². The summed E-state index contributed by atoms with van der Waals surface area (Å²) in [5, 5.41) is 0. The van der Waals surface area contributed by atoms with E-state index >= 15 is 8.78 Å². The molecule has 3 heterocycles. The molecule has 5 rings (SSSR count). The minimum atomic E-state index is -1.08. The van der Waals surface area contributed by atoms with Gasteiger partial charge in [-0.25, -0.2) is 18.2 Å². The number of ether oxygens (including phenoxy) is 1. The molecular weight excluding hydrogens is 533 g/mol. The quantitative estimate of drug-likeness (QED) is 0.357. The van der Waals surface area contributed by atoms with Gasteiger partial charge in [0.15, 0.2) is 5.78 Å². The molecule has 0 unspecified atom stereocenters. The minimum Gasteiger partial charge on any atom is -0.492 e. The molecule has 0 radical (unpaired) electrons. The van der Waals surface area contributed by atoms with Crippen molar-refractivity contribution in [3.05, 3.63) is 77.0 Å². The normalized spacial score (nSPS) is 20.9. The standard InChI is InChI=1S/C31H33F3N4O3/c1-18-11-19(13-21(35)12-18)23-6-7-36-17-20(23)14-28(39)27-5-4-24(32)31(37-27)30-25(33)15-22(16-26(30)34)41-10-9-38-8-2-3-29(38)40/h4-7,15-19,21H,2-3,8-14,35H2,1H3/t18-,19+,21-/m0/s1. The first-order valence-electron chi connectivity index (χ1n) is 14.0. The number of carbonyl (C=O) groups is 2. The Labute approximate surface area is 236 Å². The van der Waals surface area contributed by atoms with Gasteiger partial charge in [0.05, 0.1) is 12.1 Å². The van der Waals surface area contributed by atoms with Gasteiger partial charge in [-0.2, -0.15) is 0 Å². The van der Waals surface area contributed by atoms with Crippen LogP contribution in [-0.4, -0.2) is 52.3 Å². The molecule has 1 aliphatic carbocycles. The van der Waals surface area contributed by atoms with Crippen LogP contribution in [0.4, 0.5) is 13.2 Å². The topological polar surface area (TPSA) is 98.4 Å². The Kier molecular flexibility index (Phi) is 8.68. The second-order valence-electron chi connectivity index (χ2n) is 11.1. The van der Waals surface area contributed by atoms with Gasteiger partial charge in [-0.1, -0.05) is 6.92 Å². The molecule has 41 heavy (non-hydrogen) atoms. The average Bonchev–Trinajstić information content (AvgIpc) is 3.33. The molecule has 1 amide bonds. The SMILES string of the molecule is C[C@@H]1C[C@H](N)C[C@H](c2ccncc2CC(=O)c2ccc(F)c(-c3c(F)cc(OCCN4CCCC4=O)cc3F)n2)C1. The summed E-state index contributed by atoms with van der Waals surface area (Å²) in [6.45, 7) is 3.15. The van der Waals surface area contributed by atoms with Crippen LogP contribution < -0.4 is 10.5 Å². The molecule has 1 saturated heterocycles. The van der Waals surface area contributed by atoms with Gasteiger partial charge in [0, 0.05) is 50.0 Å². The highest BCUT2D eigenvalue weighted by Gasteiger charge is 2.28. The number of carbonyl (C=O) groups excluding carboxylic acids is 2. The lowest BCUT2D eigenvalue weighted by atomic mass is 9.75. The predicted octanol–water partition coefficient (Wildman–Crippen LogP) is 5.22. The Hall–Kier alpha value is -3.79. The fourth-order valence-electron chi connectivity index (χ4n) is 6.00. The lowest BCUT2D eigenvalue weighted by Gasteiger charge is -2.32. The predicted molar refractivity (Wildman–Crippen MR) is 147 cm³/mol. The number of Topliss-reactive ketones (excluding diaryl/α,β-unsaturated/α-hetero) is 1. The van der Waals surface area contributed by atoms with E-state index in [9.17, 15) is 14.0 Å². The largest absolute Gasteiger partial charge is 0.492 e. The van der Waals surface area contributed by atoms with E-state index in [1.165, 1.54) is 6.07 Å². The Balaban J connectivity index is 1.33. The zero-order valence-corrected chi connectivity index (χ0v) is 22.9. The number of likely N-dealkylation sites (tertiary alicyclic amines) is 1. The summed E-state index contributed by atoms with van der Waals surface area (Å²) >= 11 is 0. The third-order valence-corrected chi connectivity index (χ3v) is 7.90. The highest BCUT2D eigenvalue weighted by atomic mass is 19.1. The molecule has 2 fully saturated rings. The Morgan fingerprint density at radius 2 is 1.88 bits per heavy atom. The van der Waals surface area contributed by atoms with E-state index in [1.54, 1.807) is 17.3 Å². The zero-order chi connectivity index (χ0) is 29.1. The fourth-order valence-corrected chi connectivity index (χ4v) is 6.00. The zero-order valence-electron chi connectivity index (χ0n) is 22.9. The molecular formula is C31H33F3N4O3.